The molecule has 2 aliphatic rings. The Kier molecular flexibility index (Phi) is 12.3. The molecule has 2 atom stereocenters. The van der Waals surface area contributed by atoms with E-state index in [-0.39, 0.29) is 0 Å². The number of rotatable bonds is 18. The number of carboxylic acids is 1. The lowest BCUT2D eigenvalue weighted by atomic mass is 9.83. The van der Waals surface area contributed by atoms with E-state index >= 15 is 0 Å². The van der Waals surface area contributed by atoms with Crippen molar-refractivity contribution in [1.82, 2.24) is 4.90 Å². The van der Waals surface area contributed by atoms with Gasteiger partial charge in [-0.3, -0.25) is 9.69 Å². The van der Waals surface area contributed by atoms with E-state index in [0.717, 1.165) is 18.9 Å². The Hall–Kier alpha value is -0.570. The largest absolute Gasteiger partial charge is 0.481 e. The summed E-state index contributed by atoms with van der Waals surface area (Å²) in [6.07, 6.45) is 29.2. The van der Waals surface area contributed by atoms with Crippen LogP contribution in [-0.4, -0.2) is 34.6 Å². The third kappa shape index (κ3) is 9.40. The second kappa shape index (κ2) is 14.4. The summed E-state index contributed by atoms with van der Waals surface area (Å²) >= 11 is 0. The molecule has 0 aliphatic carbocycles. The van der Waals surface area contributed by atoms with Gasteiger partial charge in [-0.2, -0.15) is 0 Å². The lowest BCUT2D eigenvalue weighted by Gasteiger charge is -2.43. The van der Waals surface area contributed by atoms with Gasteiger partial charge in [-0.05, 0) is 45.6 Å². The molecule has 2 rings (SSSR count). The average Bonchev–Trinajstić information content (AvgIpc) is 2.88. The summed E-state index contributed by atoms with van der Waals surface area (Å²) in [5.74, 6) is -0.649. The van der Waals surface area contributed by atoms with E-state index in [4.69, 9.17) is 5.11 Å². The van der Waals surface area contributed by atoms with Crippen LogP contribution in [-0.2, 0) is 4.79 Å². The van der Waals surface area contributed by atoms with Crippen LogP contribution in [0.4, 0.5) is 0 Å². The third-order valence-electron chi connectivity index (χ3n) is 7.95. The molecule has 2 saturated heterocycles. The van der Waals surface area contributed by atoms with E-state index in [9.17, 15) is 4.79 Å². The molecule has 0 aromatic heterocycles. The lowest BCUT2D eigenvalue weighted by Crippen LogP contribution is -2.47. The minimum absolute atomic E-state index is 0.346. The first-order valence-corrected chi connectivity index (χ1v) is 13.1. The van der Waals surface area contributed by atoms with Crippen molar-refractivity contribution in [2.75, 3.05) is 7.05 Å². The molecular formula is C26H49NO2. The van der Waals surface area contributed by atoms with Crippen molar-refractivity contribution in [2.24, 2.45) is 0 Å². The van der Waals surface area contributed by atoms with Gasteiger partial charge >= 0.3 is 5.97 Å². The number of piperidine rings is 1. The van der Waals surface area contributed by atoms with Gasteiger partial charge in [-0.25, -0.2) is 0 Å². The standard InChI is InChI=1S/C26H49NO2/c1-27-24-18-17-22-26(27,23-20-24)21-16-14-12-10-8-6-4-2-3-5-7-9-11-13-15-19-25(28)29/h24H,2-23H2,1H3,(H,28,29)/t24-,26+/m1/s1. The average molecular weight is 408 g/mol. The summed E-state index contributed by atoms with van der Waals surface area (Å²) in [6, 6.07) is 0.910. The monoisotopic (exact) mass is 407 g/mol. The topological polar surface area (TPSA) is 40.5 Å². The summed E-state index contributed by atoms with van der Waals surface area (Å²) in [5, 5.41) is 8.61. The Labute approximate surface area is 181 Å². The first-order valence-electron chi connectivity index (χ1n) is 13.1. The predicted molar refractivity (Wildman–Crippen MR) is 123 cm³/mol. The molecule has 0 amide bonds. The quantitative estimate of drug-likeness (QED) is 0.236. The van der Waals surface area contributed by atoms with Crippen molar-refractivity contribution in [3.05, 3.63) is 0 Å². The molecule has 2 heterocycles. The van der Waals surface area contributed by atoms with Gasteiger partial charge in [0.25, 0.3) is 0 Å². The zero-order valence-electron chi connectivity index (χ0n) is 19.4. The van der Waals surface area contributed by atoms with Crippen molar-refractivity contribution in [1.29, 1.82) is 0 Å². The predicted octanol–water partition coefficient (Wildman–Crippen LogP) is 7.72. The molecular weight excluding hydrogens is 358 g/mol. The molecule has 0 radical (unpaired) electrons. The Bertz CT molecular complexity index is 434. The minimum Gasteiger partial charge on any atom is -0.481 e. The summed E-state index contributed by atoms with van der Waals surface area (Å²) in [5.41, 5.74) is 0.599. The van der Waals surface area contributed by atoms with Crippen LogP contribution >= 0.6 is 0 Å². The maximum absolute atomic E-state index is 10.4. The number of unbranched alkanes of at least 4 members (excludes halogenated alkanes) is 14. The maximum Gasteiger partial charge on any atom is 0.303 e. The number of carbonyl (C=O) groups is 1. The molecule has 2 fully saturated rings. The Morgan fingerprint density at radius 1 is 0.759 bits per heavy atom. The van der Waals surface area contributed by atoms with Crippen LogP contribution in [0.2, 0.25) is 0 Å². The highest BCUT2D eigenvalue weighted by Gasteiger charge is 2.45. The molecule has 0 spiro atoms. The number of fused-ring (bicyclic) bond motifs is 2. The van der Waals surface area contributed by atoms with Crippen LogP contribution in [0.5, 0.6) is 0 Å². The van der Waals surface area contributed by atoms with Gasteiger partial charge in [-0.1, -0.05) is 96.3 Å². The summed E-state index contributed by atoms with van der Waals surface area (Å²) in [4.78, 5) is 13.2. The SMILES string of the molecule is CN1[C@@H]2CCC[C@@]1(CCCCCCCCCCCCCCCCCC(=O)O)CC2. The van der Waals surface area contributed by atoms with Crippen molar-refractivity contribution >= 4 is 5.97 Å². The van der Waals surface area contributed by atoms with Gasteiger partial charge in [0, 0.05) is 18.0 Å². The van der Waals surface area contributed by atoms with E-state index in [1.807, 2.05) is 0 Å². The Balaban J connectivity index is 1.29. The number of hydrogen-bond acceptors (Lipinski definition) is 2. The third-order valence-corrected chi connectivity index (χ3v) is 7.95. The van der Waals surface area contributed by atoms with Crippen molar-refractivity contribution in [3.8, 4) is 0 Å². The number of carboxylic acid groups (broad SMARTS) is 1. The Morgan fingerprint density at radius 2 is 1.24 bits per heavy atom. The molecule has 2 aliphatic heterocycles. The normalized spacial score (nSPS) is 24.2. The van der Waals surface area contributed by atoms with Crippen LogP contribution < -0.4 is 0 Å². The van der Waals surface area contributed by atoms with Gasteiger partial charge in [0.2, 0.25) is 0 Å². The smallest absolute Gasteiger partial charge is 0.303 e. The number of hydrogen-bond donors (Lipinski definition) is 1. The molecule has 0 saturated carbocycles. The molecule has 2 bridgehead atoms. The molecule has 29 heavy (non-hydrogen) atoms. The van der Waals surface area contributed by atoms with E-state index in [1.54, 1.807) is 0 Å². The Morgan fingerprint density at radius 3 is 1.76 bits per heavy atom. The van der Waals surface area contributed by atoms with Crippen LogP contribution in [0.1, 0.15) is 141 Å². The molecule has 0 aromatic rings. The number of aliphatic carboxylic acids is 1. The highest BCUT2D eigenvalue weighted by molar-refractivity contribution is 5.66. The number of nitrogens with zero attached hydrogens (tertiary/aromatic N) is 1. The van der Waals surface area contributed by atoms with Crippen molar-refractivity contribution in [2.45, 2.75) is 153 Å². The molecule has 170 valence electrons. The van der Waals surface area contributed by atoms with Crippen LogP contribution in [0.25, 0.3) is 0 Å². The molecule has 3 heteroatoms. The van der Waals surface area contributed by atoms with E-state index < -0.39 is 5.97 Å². The zero-order valence-corrected chi connectivity index (χ0v) is 19.4. The minimum atomic E-state index is -0.649. The van der Waals surface area contributed by atoms with Crippen molar-refractivity contribution < 1.29 is 9.90 Å². The van der Waals surface area contributed by atoms with E-state index in [0.29, 0.717) is 12.0 Å². The van der Waals surface area contributed by atoms with Gasteiger partial charge in [0.15, 0.2) is 0 Å². The maximum atomic E-state index is 10.4. The van der Waals surface area contributed by atoms with Gasteiger partial charge in [0.05, 0.1) is 0 Å². The molecule has 0 aromatic carbocycles. The zero-order chi connectivity index (χ0) is 20.8. The second-order valence-electron chi connectivity index (χ2n) is 10.1. The van der Waals surface area contributed by atoms with Crippen LogP contribution in [0, 0.1) is 0 Å². The fourth-order valence-electron chi connectivity index (χ4n) is 5.95. The van der Waals surface area contributed by atoms with Gasteiger partial charge in [0.1, 0.15) is 0 Å². The second-order valence-corrected chi connectivity index (χ2v) is 10.1. The lowest BCUT2D eigenvalue weighted by molar-refractivity contribution is -0.137. The fraction of sp³-hybridized carbons (Fsp3) is 0.962. The first kappa shape index (κ1) is 24.7. The summed E-state index contributed by atoms with van der Waals surface area (Å²) in [6.45, 7) is 0. The van der Waals surface area contributed by atoms with Crippen LogP contribution in [0.3, 0.4) is 0 Å². The first-order chi connectivity index (χ1) is 14.1. The fourth-order valence-corrected chi connectivity index (χ4v) is 5.95. The summed E-state index contributed by atoms with van der Waals surface area (Å²) in [7, 11) is 2.40. The van der Waals surface area contributed by atoms with Gasteiger partial charge in [-0.15, -0.1) is 0 Å². The molecule has 3 nitrogen and oxygen atoms in total. The highest BCUT2D eigenvalue weighted by atomic mass is 16.4. The molecule has 0 unspecified atom stereocenters. The van der Waals surface area contributed by atoms with E-state index in [2.05, 4.69) is 11.9 Å². The molecule has 1 N–H and O–H groups in total. The van der Waals surface area contributed by atoms with Crippen molar-refractivity contribution in [3.63, 3.8) is 0 Å². The summed E-state index contributed by atoms with van der Waals surface area (Å²) < 4.78 is 0. The van der Waals surface area contributed by atoms with E-state index in [1.165, 1.54) is 122 Å². The van der Waals surface area contributed by atoms with Gasteiger partial charge < -0.3 is 5.11 Å². The van der Waals surface area contributed by atoms with Crippen LogP contribution in [0.15, 0.2) is 0 Å². The highest BCUT2D eigenvalue weighted by Crippen LogP contribution is 2.45.